The highest BCUT2D eigenvalue weighted by atomic mass is 19.1. The third-order valence-corrected chi connectivity index (χ3v) is 3.81. The van der Waals surface area contributed by atoms with Crippen LogP contribution in [-0.2, 0) is 0 Å². The molecular formula is C13H14FN3. The second kappa shape index (κ2) is 4.01. The number of nitrogens with zero attached hydrogens (tertiary/aromatic N) is 2. The van der Waals surface area contributed by atoms with E-state index in [1.54, 1.807) is 6.07 Å². The van der Waals surface area contributed by atoms with Crippen molar-refractivity contribution in [2.75, 3.05) is 31.1 Å². The fourth-order valence-electron chi connectivity index (χ4n) is 2.93. The molecule has 0 spiro atoms. The number of benzene rings is 1. The van der Waals surface area contributed by atoms with E-state index in [0.29, 0.717) is 17.4 Å². The first-order chi connectivity index (χ1) is 8.28. The van der Waals surface area contributed by atoms with Crippen LogP contribution in [0.3, 0.4) is 0 Å². The first-order valence-corrected chi connectivity index (χ1v) is 5.93. The molecule has 3 rings (SSSR count). The highest BCUT2D eigenvalue weighted by molar-refractivity contribution is 5.60. The van der Waals surface area contributed by atoms with E-state index in [9.17, 15) is 4.39 Å². The zero-order valence-electron chi connectivity index (χ0n) is 9.49. The Bertz CT molecular complexity index is 468. The van der Waals surface area contributed by atoms with E-state index in [4.69, 9.17) is 5.26 Å². The largest absolute Gasteiger partial charge is 0.370 e. The van der Waals surface area contributed by atoms with Gasteiger partial charge in [-0.1, -0.05) is 0 Å². The van der Waals surface area contributed by atoms with Gasteiger partial charge in [0.15, 0.2) is 0 Å². The molecule has 0 amide bonds. The van der Waals surface area contributed by atoms with Gasteiger partial charge < -0.3 is 10.2 Å². The second-order valence-corrected chi connectivity index (χ2v) is 4.86. The standard InChI is InChI=1S/C13H14FN3/c14-12-1-2-13(9(3-12)4-15)17-7-10-5-16-6-11(10)8-17/h1-3,10-11,16H,5-8H2/t10-,11+. The van der Waals surface area contributed by atoms with Crippen LogP contribution in [0.4, 0.5) is 10.1 Å². The molecule has 17 heavy (non-hydrogen) atoms. The van der Waals surface area contributed by atoms with Crippen LogP contribution in [0, 0.1) is 29.0 Å². The van der Waals surface area contributed by atoms with Gasteiger partial charge in [0.25, 0.3) is 0 Å². The molecule has 3 nitrogen and oxygen atoms in total. The highest BCUT2D eigenvalue weighted by Gasteiger charge is 2.36. The molecule has 88 valence electrons. The van der Waals surface area contributed by atoms with Gasteiger partial charge >= 0.3 is 0 Å². The monoisotopic (exact) mass is 231 g/mol. The van der Waals surface area contributed by atoms with Gasteiger partial charge in [0.2, 0.25) is 0 Å². The summed E-state index contributed by atoms with van der Waals surface area (Å²) in [5.41, 5.74) is 1.32. The van der Waals surface area contributed by atoms with E-state index in [2.05, 4.69) is 16.3 Å². The Morgan fingerprint density at radius 3 is 2.65 bits per heavy atom. The molecule has 2 aliphatic rings. The Morgan fingerprint density at radius 1 is 1.29 bits per heavy atom. The van der Waals surface area contributed by atoms with Gasteiger partial charge in [0, 0.05) is 26.2 Å². The summed E-state index contributed by atoms with van der Waals surface area (Å²) in [5, 5.41) is 12.4. The smallest absolute Gasteiger partial charge is 0.124 e. The quantitative estimate of drug-likeness (QED) is 0.793. The molecule has 0 unspecified atom stereocenters. The van der Waals surface area contributed by atoms with E-state index in [1.807, 2.05) is 0 Å². The Hall–Kier alpha value is -1.60. The third kappa shape index (κ3) is 1.77. The van der Waals surface area contributed by atoms with Crippen LogP contribution in [0.15, 0.2) is 18.2 Å². The van der Waals surface area contributed by atoms with Gasteiger partial charge in [0.05, 0.1) is 11.3 Å². The molecule has 2 fully saturated rings. The van der Waals surface area contributed by atoms with Crippen LogP contribution < -0.4 is 10.2 Å². The summed E-state index contributed by atoms with van der Waals surface area (Å²) < 4.78 is 13.1. The molecule has 0 saturated carbocycles. The second-order valence-electron chi connectivity index (χ2n) is 4.86. The fraction of sp³-hybridized carbons (Fsp3) is 0.462. The van der Waals surface area contributed by atoms with Crippen molar-refractivity contribution >= 4 is 5.69 Å². The lowest BCUT2D eigenvalue weighted by molar-refractivity contribution is 0.533. The zero-order valence-corrected chi connectivity index (χ0v) is 9.49. The van der Waals surface area contributed by atoms with Crippen LogP contribution in [0.25, 0.3) is 0 Å². The molecule has 2 atom stereocenters. The van der Waals surface area contributed by atoms with Gasteiger partial charge in [-0.25, -0.2) is 4.39 Å². The normalized spacial score (nSPS) is 26.9. The highest BCUT2D eigenvalue weighted by Crippen LogP contribution is 2.32. The first kappa shape index (κ1) is 10.5. The summed E-state index contributed by atoms with van der Waals surface area (Å²) in [7, 11) is 0. The van der Waals surface area contributed by atoms with Crippen molar-refractivity contribution in [1.82, 2.24) is 5.32 Å². The van der Waals surface area contributed by atoms with Gasteiger partial charge in [-0.05, 0) is 30.0 Å². The van der Waals surface area contributed by atoms with Crippen LogP contribution in [0.1, 0.15) is 5.56 Å². The Labute approximate surface area is 99.8 Å². The Morgan fingerprint density at radius 2 is 2.00 bits per heavy atom. The summed E-state index contributed by atoms with van der Waals surface area (Å²) in [5.74, 6) is 1.00. The predicted octanol–water partition coefficient (Wildman–Crippen LogP) is 1.35. The first-order valence-electron chi connectivity index (χ1n) is 5.93. The van der Waals surface area contributed by atoms with Crippen molar-refractivity contribution in [1.29, 1.82) is 5.26 Å². The van der Waals surface area contributed by atoms with Gasteiger partial charge in [0.1, 0.15) is 11.9 Å². The van der Waals surface area contributed by atoms with Gasteiger partial charge in [-0.15, -0.1) is 0 Å². The van der Waals surface area contributed by atoms with Crippen molar-refractivity contribution in [3.8, 4) is 6.07 Å². The lowest BCUT2D eigenvalue weighted by Gasteiger charge is -2.20. The van der Waals surface area contributed by atoms with E-state index in [1.165, 1.54) is 12.1 Å². The zero-order chi connectivity index (χ0) is 11.8. The number of halogens is 1. The summed E-state index contributed by atoms with van der Waals surface area (Å²) in [6, 6.07) is 6.56. The number of nitriles is 1. The number of anilines is 1. The van der Waals surface area contributed by atoms with Crippen LogP contribution in [-0.4, -0.2) is 26.2 Å². The number of hydrogen-bond donors (Lipinski definition) is 1. The van der Waals surface area contributed by atoms with Gasteiger partial charge in [-0.2, -0.15) is 5.26 Å². The van der Waals surface area contributed by atoms with Crippen LogP contribution in [0.5, 0.6) is 0 Å². The predicted molar refractivity (Wildman–Crippen MR) is 63.2 cm³/mol. The molecule has 2 aliphatic heterocycles. The molecule has 1 N–H and O–H groups in total. The van der Waals surface area contributed by atoms with Crippen molar-refractivity contribution in [2.24, 2.45) is 11.8 Å². The van der Waals surface area contributed by atoms with E-state index in [0.717, 1.165) is 31.9 Å². The Kier molecular flexibility index (Phi) is 2.49. The minimum atomic E-state index is -0.341. The van der Waals surface area contributed by atoms with Gasteiger partial charge in [-0.3, -0.25) is 0 Å². The molecule has 0 aromatic heterocycles. The SMILES string of the molecule is N#Cc1cc(F)ccc1N1C[C@H]2CNC[C@H]2C1. The lowest BCUT2D eigenvalue weighted by Crippen LogP contribution is -2.26. The molecule has 0 aliphatic carbocycles. The number of nitrogens with one attached hydrogen (secondary N) is 1. The number of hydrogen-bond acceptors (Lipinski definition) is 3. The van der Waals surface area contributed by atoms with E-state index >= 15 is 0 Å². The molecule has 2 heterocycles. The Balaban J connectivity index is 1.88. The van der Waals surface area contributed by atoms with E-state index < -0.39 is 0 Å². The summed E-state index contributed by atoms with van der Waals surface area (Å²) in [6.45, 7) is 4.06. The molecule has 0 bridgehead atoms. The van der Waals surface area contributed by atoms with Crippen molar-refractivity contribution in [3.05, 3.63) is 29.6 Å². The molecular weight excluding hydrogens is 217 g/mol. The number of rotatable bonds is 1. The van der Waals surface area contributed by atoms with Crippen LogP contribution >= 0.6 is 0 Å². The van der Waals surface area contributed by atoms with Crippen LogP contribution in [0.2, 0.25) is 0 Å². The third-order valence-electron chi connectivity index (χ3n) is 3.81. The van der Waals surface area contributed by atoms with Crippen molar-refractivity contribution in [3.63, 3.8) is 0 Å². The van der Waals surface area contributed by atoms with Crippen molar-refractivity contribution in [2.45, 2.75) is 0 Å². The maximum Gasteiger partial charge on any atom is 0.124 e. The average molecular weight is 231 g/mol. The topological polar surface area (TPSA) is 39.1 Å². The molecule has 2 saturated heterocycles. The van der Waals surface area contributed by atoms with Crippen molar-refractivity contribution < 1.29 is 4.39 Å². The van der Waals surface area contributed by atoms with E-state index in [-0.39, 0.29) is 5.82 Å². The summed E-state index contributed by atoms with van der Waals surface area (Å²) in [6.07, 6.45) is 0. The maximum absolute atomic E-state index is 13.1. The molecule has 0 radical (unpaired) electrons. The number of fused-ring (bicyclic) bond motifs is 1. The molecule has 4 heteroatoms. The minimum Gasteiger partial charge on any atom is -0.370 e. The average Bonchev–Trinajstić information content (AvgIpc) is 2.89. The summed E-state index contributed by atoms with van der Waals surface area (Å²) >= 11 is 0. The summed E-state index contributed by atoms with van der Waals surface area (Å²) in [4.78, 5) is 2.22. The molecule has 1 aromatic rings. The molecule has 1 aromatic carbocycles. The maximum atomic E-state index is 13.1. The lowest BCUT2D eigenvalue weighted by atomic mass is 10.0. The minimum absolute atomic E-state index is 0.341. The fourth-order valence-corrected chi connectivity index (χ4v) is 2.93.